The molecule has 1 heterocycles. The van der Waals surface area contributed by atoms with Crippen LogP contribution in [0, 0.1) is 0 Å². The second-order valence-corrected chi connectivity index (χ2v) is 4.66. The summed E-state index contributed by atoms with van der Waals surface area (Å²) in [6.45, 7) is 6.24. The van der Waals surface area contributed by atoms with Gasteiger partial charge in [-0.3, -0.25) is 0 Å². The number of piperazine rings is 1. The molecule has 0 spiro atoms. The standard InChI is InChI=1S/C13H18N2O2/c1-9-8-15(10(2)7-14-9)12-5-3-11(4-6-12)13(16)17/h3-6,9-10,14H,7-8H2,1-2H3,(H,16,17)/t9-,10+/m1/s1. The number of anilines is 1. The monoisotopic (exact) mass is 234 g/mol. The summed E-state index contributed by atoms with van der Waals surface area (Å²) >= 11 is 0. The molecule has 1 aliphatic rings. The highest BCUT2D eigenvalue weighted by molar-refractivity contribution is 5.88. The highest BCUT2D eigenvalue weighted by Crippen LogP contribution is 2.20. The number of nitrogens with zero attached hydrogens (tertiary/aromatic N) is 1. The Morgan fingerprint density at radius 2 is 2.00 bits per heavy atom. The van der Waals surface area contributed by atoms with Crippen LogP contribution in [-0.4, -0.2) is 36.2 Å². The Bertz CT molecular complexity index is 402. The van der Waals surface area contributed by atoms with E-state index in [0.717, 1.165) is 18.8 Å². The largest absolute Gasteiger partial charge is 0.478 e. The van der Waals surface area contributed by atoms with Gasteiger partial charge in [0.25, 0.3) is 0 Å². The van der Waals surface area contributed by atoms with Crippen molar-refractivity contribution in [2.24, 2.45) is 0 Å². The molecule has 1 aliphatic heterocycles. The third-order valence-electron chi connectivity index (χ3n) is 3.21. The van der Waals surface area contributed by atoms with Gasteiger partial charge < -0.3 is 15.3 Å². The van der Waals surface area contributed by atoms with E-state index >= 15 is 0 Å². The van der Waals surface area contributed by atoms with Crippen LogP contribution in [0.2, 0.25) is 0 Å². The summed E-state index contributed by atoms with van der Waals surface area (Å²) in [6.07, 6.45) is 0. The van der Waals surface area contributed by atoms with Gasteiger partial charge >= 0.3 is 5.97 Å². The highest BCUT2D eigenvalue weighted by Gasteiger charge is 2.22. The summed E-state index contributed by atoms with van der Waals surface area (Å²) < 4.78 is 0. The normalized spacial score (nSPS) is 24.7. The van der Waals surface area contributed by atoms with E-state index in [1.807, 2.05) is 12.1 Å². The Morgan fingerprint density at radius 1 is 1.35 bits per heavy atom. The zero-order chi connectivity index (χ0) is 12.4. The predicted octanol–water partition coefficient (Wildman–Crippen LogP) is 1.57. The summed E-state index contributed by atoms with van der Waals surface area (Å²) in [7, 11) is 0. The Kier molecular flexibility index (Phi) is 3.33. The number of benzene rings is 1. The maximum atomic E-state index is 10.8. The third kappa shape index (κ3) is 2.58. The van der Waals surface area contributed by atoms with E-state index < -0.39 is 5.97 Å². The minimum Gasteiger partial charge on any atom is -0.478 e. The van der Waals surface area contributed by atoms with Crippen molar-refractivity contribution in [3.8, 4) is 0 Å². The molecule has 4 nitrogen and oxygen atoms in total. The van der Waals surface area contributed by atoms with Crippen LogP contribution in [0.3, 0.4) is 0 Å². The third-order valence-corrected chi connectivity index (χ3v) is 3.21. The van der Waals surface area contributed by atoms with Gasteiger partial charge in [0, 0.05) is 30.9 Å². The number of nitrogens with one attached hydrogen (secondary N) is 1. The summed E-state index contributed by atoms with van der Waals surface area (Å²) in [5.74, 6) is -0.877. The molecule has 0 unspecified atom stereocenters. The molecular weight excluding hydrogens is 216 g/mol. The van der Waals surface area contributed by atoms with E-state index in [0.29, 0.717) is 17.6 Å². The minimum absolute atomic E-state index is 0.338. The minimum atomic E-state index is -0.877. The van der Waals surface area contributed by atoms with Crippen LogP contribution in [0.4, 0.5) is 5.69 Å². The molecule has 2 N–H and O–H groups in total. The summed E-state index contributed by atoms with van der Waals surface area (Å²) in [6, 6.07) is 8.00. The van der Waals surface area contributed by atoms with Crippen LogP contribution in [0.1, 0.15) is 24.2 Å². The van der Waals surface area contributed by atoms with Crippen molar-refractivity contribution in [2.45, 2.75) is 25.9 Å². The molecule has 92 valence electrons. The van der Waals surface area contributed by atoms with Crippen molar-refractivity contribution in [2.75, 3.05) is 18.0 Å². The number of aromatic carboxylic acids is 1. The Morgan fingerprint density at radius 3 is 2.59 bits per heavy atom. The average molecular weight is 234 g/mol. The average Bonchev–Trinajstić information content (AvgIpc) is 2.32. The summed E-state index contributed by atoms with van der Waals surface area (Å²) in [5, 5.41) is 12.3. The van der Waals surface area contributed by atoms with Crippen molar-refractivity contribution >= 4 is 11.7 Å². The Balaban J connectivity index is 2.18. The van der Waals surface area contributed by atoms with Crippen LogP contribution in [0.5, 0.6) is 0 Å². The van der Waals surface area contributed by atoms with E-state index in [1.54, 1.807) is 12.1 Å². The molecule has 1 aromatic rings. The number of hydrogen-bond donors (Lipinski definition) is 2. The highest BCUT2D eigenvalue weighted by atomic mass is 16.4. The van der Waals surface area contributed by atoms with Crippen LogP contribution in [-0.2, 0) is 0 Å². The molecule has 0 aromatic heterocycles. The first kappa shape index (κ1) is 11.9. The fourth-order valence-corrected chi connectivity index (χ4v) is 2.18. The number of carboxylic acids is 1. The molecule has 0 saturated carbocycles. The molecule has 0 radical (unpaired) electrons. The van der Waals surface area contributed by atoms with Crippen molar-refractivity contribution in [3.05, 3.63) is 29.8 Å². The molecule has 17 heavy (non-hydrogen) atoms. The first-order valence-corrected chi connectivity index (χ1v) is 5.91. The number of rotatable bonds is 2. The topological polar surface area (TPSA) is 52.6 Å². The van der Waals surface area contributed by atoms with Crippen LogP contribution in [0.25, 0.3) is 0 Å². The smallest absolute Gasteiger partial charge is 0.335 e. The van der Waals surface area contributed by atoms with E-state index in [9.17, 15) is 4.79 Å². The molecule has 2 rings (SSSR count). The SMILES string of the molecule is C[C@@H]1CN(c2ccc(C(=O)O)cc2)[C@@H](C)CN1. The van der Waals surface area contributed by atoms with E-state index in [2.05, 4.69) is 24.1 Å². The van der Waals surface area contributed by atoms with E-state index in [4.69, 9.17) is 5.11 Å². The van der Waals surface area contributed by atoms with Gasteiger partial charge in [-0.15, -0.1) is 0 Å². The van der Waals surface area contributed by atoms with Gasteiger partial charge in [0.1, 0.15) is 0 Å². The lowest BCUT2D eigenvalue weighted by Crippen LogP contribution is -2.54. The van der Waals surface area contributed by atoms with Gasteiger partial charge in [-0.05, 0) is 38.1 Å². The fraction of sp³-hybridized carbons (Fsp3) is 0.462. The molecule has 0 aliphatic carbocycles. The van der Waals surface area contributed by atoms with Crippen LogP contribution < -0.4 is 10.2 Å². The van der Waals surface area contributed by atoms with Crippen molar-refractivity contribution in [3.63, 3.8) is 0 Å². The van der Waals surface area contributed by atoms with Gasteiger partial charge in [0.15, 0.2) is 0 Å². The summed E-state index contributed by atoms with van der Waals surface area (Å²) in [5.41, 5.74) is 1.43. The lowest BCUT2D eigenvalue weighted by atomic mass is 10.1. The van der Waals surface area contributed by atoms with Gasteiger partial charge in [-0.1, -0.05) is 0 Å². The second-order valence-electron chi connectivity index (χ2n) is 4.66. The second kappa shape index (κ2) is 4.75. The molecule has 1 saturated heterocycles. The predicted molar refractivity (Wildman–Crippen MR) is 67.7 cm³/mol. The van der Waals surface area contributed by atoms with Crippen molar-refractivity contribution < 1.29 is 9.90 Å². The summed E-state index contributed by atoms with van der Waals surface area (Å²) in [4.78, 5) is 13.1. The quantitative estimate of drug-likeness (QED) is 0.815. The van der Waals surface area contributed by atoms with Crippen molar-refractivity contribution in [1.29, 1.82) is 0 Å². The van der Waals surface area contributed by atoms with E-state index in [1.165, 1.54) is 0 Å². The molecule has 0 amide bonds. The lowest BCUT2D eigenvalue weighted by molar-refractivity contribution is 0.0697. The lowest BCUT2D eigenvalue weighted by Gasteiger charge is -2.39. The van der Waals surface area contributed by atoms with Gasteiger partial charge in [0.05, 0.1) is 5.56 Å². The molecular formula is C13H18N2O2. The molecule has 4 heteroatoms. The maximum Gasteiger partial charge on any atom is 0.335 e. The number of hydrogen-bond acceptors (Lipinski definition) is 3. The number of carboxylic acid groups (broad SMARTS) is 1. The molecule has 0 bridgehead atoms. The zero-order valence-corrected chi connectivity index (χ0v) is 10.2. The van der Waals surface area contributed by atoms with Gasteiger partial charge in [-0.2, -0.15) is 0 Å². The van der Waals surface area contributed by atoms with Crippen LogP contribution in [0.15, 0.2) is 24.3 Å². The van der Waals surface area contributed by atoms with Gasteiger partial charge in [0.2, 0.25) is 0 Å². The van der Waals surface area contributed by atoms with Crippen molar-refractivity contribution in [1.82, 2.24) is 5.32 Å². The molecule has 1 aromatic carbocycles. The van der Waals surface area contributed by atoms with Crippen LogP contribution >= 0.6 is 0 Å². The first-order valence-electron chi connectivity index (χ1n) is 5.91. The van der Waals surface area contributed by atoms with Gasteiger partial charge in [-0.25, -0.2) is 4.79 Å². The molecule has 1 fully saturated rings. The maximum absolute atomic E-state index is 10.8. The fourth-order valence-electron chi connectivity index (χ4n) is 2.18. The zero-order valence-electron chi connectivity index (χ0n) is 10.2. The Labute approximate surface area is 101 Å². The first-order chi connectivity index (χ1) is 8.08. The molecule has 2 atom stereocenters. The Hall–Kier alpha value is -1.55. The number of carbonyl (C=O) groups is 1. The van der Waals surface area contributed by atoms with E-state index in [-0.39, 0.29) is 0 Å².